The average molecular weight is 452 g/mol. The SMILES string of the molecule is CCc1c(C)nc2sc(Sc3nnc(Sc4cc(O)ccc4O)s3)nn2c1=O. The van der Waals surface area contributed by atoms with E-state index in [-0.39, 0.29) is 17.1 Å². The number of aryl methyl sites for hydroxylation is 1. The van der Waals surface area contributed by atoms with Crippen molar-refractivity contribution in [1.82, 2.24) is 24.8 Å². The van der Waals surface area contributed by atoms with Gasteiger partial charge in [0.1, 0.15) is 11.5 Å². The summed E-state index contributed by atoms with van der Waals surface area (Å²) < 4.78 is 3.25. The van der Waals surface area contributed by atoms with Crippen LogP contribution in [0.5, 0.6) is 11.5 Å². The third-order valence-corrected chi connectivity index (χ3v) is 7.78. The van der Waals surface area contributed by atoms with Crippen molar-refractivity contribution < 1.29 is 10.2 Å². The molecular formula is C16H13N5O3S4. The van der Waals surface area contributed by atoms with Gasteiger partial charge in [-0.3, -0.25) is 4.79 Å². The monoisotopic (exact) mass is 451 g/mol. The molecule has 28 heavy (non-hydrogen) atoms. The van der Waals surface area contributed by atoms with Crippen LogP contribution in [0.4, 0.5) is 0 Å². The van der Waals surface area contributed by atoms with Crippen LogP contribution in [0.15, 0.2) is 40.9 Å². The Hall–Kier alpha value is -2.15. The summed E-state index contributed by atoms with van der Waals surface area (Å²) >= 11 is 5.17. The molecule has 0 unspecified atom stereocenters. The lowest BCUT2D eigenvalue weighted by Crippen LogP contribution is -2.21. The van der Waals surface area contributed by atoms with Crippen molar-refractivity contribution in [3.63, 3.8) is 0 Å². The highest BCUT2D eigenvalue weighted by Crippen LogP contribution is 2.40. The van der Waals surface area contributed by atoms with E-state index >= 15 is 0 Å². The fraction of sp³-hybridized carbons (Fsp3) is 0.188. The van der Waals surface area contributed by atoms with Crippen molar-refractivity contribution in [2.75, 3.05) is 0 Å². The number of rotatable bonds is 5. The highest BCUT2D eigenvalue weighted by atomic mass is 32.2. The van der Waals surface area contributed by atoms with Gasteiger partial charge < -0.3 is 10.2 Å². The molecule has 0 fully saturated rings. The van der Waals surface area contributed by atoms with E-state index in [0.717, 1.165) is 5.69 Å². The Kier molecular flexibility index (Phi) is 5.27. The summed E-state index contributed by atoms with van der Waals surface area (Å²) in [7, 11) is 0. The standard InChI is InChI=1S/C16H13N5O3S4/c1-3-9-7(2)17-13-21(12(9)24)20-16(26-13)28-15-19-18-14(27-15)25-11-6-8(22)4-5-10(11)23/h4-6,22-23H,3H2,1-2H3. The molecule has 0 spiro atoms. The summed E-state index contributed by atoms with van der Waals surface area (Å²) in [6, 6.07) is 4.30. The van der Waals surface area contributed by atoms with Gasteiger partial charge in [-0.25, -0.2) is 4.98 Å². The van der Waals surface area contributed by atoms with Crippen molar-refractivity contribution in [1.29, 1.82) is 0 Å². The lowest BCUT2D eigenvalue weighted by Gasteiger charge is -2.01. The zero-order valence-corrected chi connectivity index (χ0v) is 17.9. The van der Waals surface area contributed by atoms with Gasteiger partial charge in [0, 0.05) is 11.3 Å². The number of phenolic OH excluding ortho intramolecular Hbond substituents is 2. The number of fused-ring (bicyclic) bond motifs is 1. The molecule has 0 bridgehead atoms. The summed E-state index contributed by atoms with van der Waals surface area (Å²) in [5, 5.41) is 32.0. The van der Waals surface area contributed by atoms with E-state index in [1.807, 2.05) is 13.8 Å². The Morgan fingerprint density at radius 1 is 1.11 bits per heavy atom. The van der Waals surface area contributed by atoms with Crippen molar-refractivity contribution in [2.45, 2.75) is 38.2 Å². The lowest BCUT2D eigenvalue weighted by atomic mass is 10.2. The number of phenols is 2. The second-order valence-corrected chi connectivity index (χ2v) is 10.3. The van der Waals surface area contributed by atoms with Crippen LogP contribution in [0.1, 0.15) is 18.2 Å². The van der Waals surface area contributed by atoms with Crippen molar-refractivity contribution in [3.05, 3.63) is 39.8 Å². The predicted octanol–water partition coefficient (Wildman–Crippen LogP) is 3.59. The van der Waals surface area contributed by atoms with Gasteiger partial charge in [0.15, 0.2) is 13.0 Å². The molecule has 12 heteroatoms. The molecule has 0 saturated carbocycles. The van der Waals surface area contributed by atoms with Crippen LogP contribution in [-0.4, -0.2) is 35.0 Å². The smallest absolute Gasteiger partial charge is 0.278 e. The van der Waals surface area contributed by atoms with Crippen LogP contribution >= 0.6 is 46.2 Å². The second-order valence-electron chi connectivity index (χ2n) is 5.59. The van der Waals surface area contributed by atoms with Gasteiger partial charge in [-0.1, -0.05) is 41.4 Å². The van der Waals surface area contributed by atoms with E-state index in [9.17, 15) is 15.0 Å². The van der Waals surface area contributed by atoms with Gasteiger partial charge in [0.25, 0.3) is 5.56 Å². The first-order valence-electron chi connectivity index (χ1n) is 8.05. The predicted molar refractivity (Wildman–Crippen MR) is 109 cm³/mol. The first kappa shape index (κ1) is 19.2. The summed E-state index contributed by atoms with van der Waals surface area (Å²) in [6.45, 7) is 3.75. The summed E-state index contributed by atoms with van der Waals surface area (Å²) in [5.41, 5.74) is 1.26. The number of hydrogen-bond donors (Lipinski definition) is 2. The molecule has 8 nitrogen and oxygen atoms in total. The Balaban J connectivity index is 1.58. The van der Waals surface area contributed by atoms with E-state index in [2.05, 4.69) is 20.3 Å². The first-order valence-corrected chi connectivity index (χ1v) is 11.3. The van der Waals surface area contributed by atoms with Crippen molar-refractivity contribution >= 4 is 51.2 Å². The third kappa shape index (κ3) is 3.72. The topological polar surface area (TPSA) is 114 Å². The molecule has 3 aromatic heterocycles. The van der Waals surface area contributed by atoms with Gasteiger partial charge in [0.2, 0.25) is 4.96 Å². The van der Waals surface area contributed by atoms with Crippen LogP contribution in [0.3, 0.4) is 0 Å². The van der Waals surface area contributed by atoms with Gasteiger partial charge in [0.05, 0.1) is 4.90 Å². The van der Waals surface area contributed by atoms with E-state index in [4.69, 9.17) is 0 Å². The molecule has 0 aliphatic carbocycles. The van der Waals surface area contributed by atoms with E-state index in [1.165, 1.54) is 68.9 Å². The molecule has 0 aliphatic rings. The minimum absolute atomic E-state index is 0.0610. The maximum Gasteiger partial charge on any atom is 0.278 e. The quantitative estimate of drug-likeness (QED) is 0.439. The van der Waals surface area contributed by atoms with Gasteiger partial charge in [-0.2, -0.15) is 4.52 Å². The molecule has 4 aromatic rings. The second kappa shape index (κ2) is 7.70. The maximum absolute atomic E-state index is 12.5. The van der Waals surface area contributed by atoms with E-state index in [0.29, 0.717) is 34.9 Å². The third-order valence-electron chi connectivity index (χ3n) is 3.75. The molecule has 0 saturated heterocycles. The molecule has 144 valence electrons. The summed E-state index contributed by atoms with van der Waals surface area (Å²) in [4.78, 5) is 18.0. The Morgan fingerprint density at radius 3 is 2.61 bits per heavy atom. The number of aromatic nitrogens is 5. The molecule has 4 rings (SSSR count). The highest BCUT2D eigenvalue weighted by Gasteiger charge is 2.16. The summed E-state index contributed by atoms with van der Waals surface area (Å²) in [6.07, 6.45) is 0.611. The molecule has 1 aromatic carbocycles. The molecule has 3 heterocycles. The van der Waals surface area contributed by atoms with Crippen molar-refractivity contribution in [2.24, 2.45) is 0 Å². The molecule has 0 atom stereocenters. The first-order chi connectivity index (χ1) is 13.4. The van der Waals surface area contributed by atoms with Crippen LogP contribution in [0.2, 0.25) is 0 Å². The lowest BCUT2D eigenvalue weighted by molar-refractivity contribution is 0.448. The Bertz CT molecular complexity index is 1230. The molecule has 2 N–H and O–H groups in total. The zero-order valence-electron chi connectivity index (χ0n) is 14.6. The highest BCUT2D eigenvalue weighted by molar-refractivity contribution is 8.04. The number of hydrogen-bond acceptors (Lipinski definition) is 11. The molecular weight excluding hydrogens is 438 g/mol. The molecule has 0 aliphatic heterocycles. The molecule has 0 amide bonds. The normalized spacial score (nSPS) is 11.4. The zero-order chi connectivity index (χ0) is 19.8. The largest absolute Gasteiger partial charge is 0.508 e. The maximum atomic E-state index is 12.5. The Morgan fingerprint density at radius 2 is 1.86 bits per heavy atom. The van der Waals surface area contributed by atoms with Crippen LogP contribution in [-0.2, 0) is 6.42 Å². The van der Waals surface area contributed by atoms with Gasteiger partial charge in [-0.05, 0) is 43.3 Å². The number of nitrogens with zero attached hydrogens (tertiary/aromatic N) is 5. The fourth-order valence-corrected chi connectivity index (χ4v) is 6.66. The van der Waals surface area contributed by atoms with E-state index < -0.39 is 0 Å². The van der Waals surface area contributed by atoms with Crippen LogP contribution in [0, 0.1) is 6.92 Å². The van der Waals surface area contributed by atoms with Gasteiger partial charge in [-0.15, -0.1) is 15.3 Å². The van der Waals surface area contributed by atoms with E-state index in [1.54, 1.807) is 0 Å². The minimum atomic E-state index is -0.138. The van der Waals surface area contributed by atoms with Crippen LogP contribution in [0.25, 0.3) is 4.96 Å². The molecule has 0 radical (unpaired) electrons. The minimum Gasteiger partial charge on any atom is -0.508 e. The van der Waals surface area contributed by atoms with Gasteiger partial charge >= 0.3 is 0 Å². The van der Waals surface area contributed by atoms with Crippen molar-refractivity contribution in [3.8, 4) is 11.5 Å². The average Bonchev–Trinajstić information content (AvgIpc) is 3.25. The number of benzene rings is 1. The number of aromatic hydroxyl groups is 2. The van der Waals surface area contributed by atoms with Crippen LogP contribution < -0.4 is 5.56 Å². The Labute approximate surface area is 175 Å². The fourth-order valence-electron chi connectivity index (χ4n) is 2.44. The summed E-state index contributed by atoms with van der Waals surface area (Å²) in [5.74, 6) is 0.125.